The number of aryl methyl sites for hydroxylation is 2. The molecule has 24 heavy (non-hydrogen) atoms. The molecule has 2 aliphatic heterocycles. The lowest BCUT2D eigenvalue weighted by Crippen LogP contribution is -2.52. The SMILES string of the molecule is Cc1cc(C)nc(N2CCN(CC(=O)N3CCCC[C@@H]3C)CC2)n1. The quantitative estimate of drug-likeness (QED) is 0.842. The van der Waals surface area contributed by atoms with Crippen molar-refractivity contribution in [2.75, 3.05) is 44.2 Å². The van der Waals surface area contributed by atoms with Crippen molar-refractivity contribution >= 4 is 11.9 Å². The van der Waals surface area contributed by atoms with E-state index in [1.54, 1.807) is 0 Å². The van der Waals surface area contributed by atoms with Gasteiger partial charge in [-0.25, -0.2) is 9.97 Å². The van der Waals surface area contributed by atoms with Gasteiger partial charge in [-0.05, 0) is 46.1 Å². The van der Waals surface area contributed by atoms with Gasteiger partial charge in [-0.3, -0.25) is 9.69 Å². The summed E-state index contributed by atoms with van der Waals surface area (Å²) in [6.07, 6.45) is 3.54. The third-order valence-electron chi connectivity index (χ3n) is 5.11. The van der Waals surface area contributed by atoms with E-state index in [0.717, 1.165) is 62.9 Å². The van der Waals surface area contributed by atoms with Gasteiger partial charge in [0.2, 0.25) is 11.9 Å². The number of anilines is 1. The number of rotatable bonds is 3. The van der Waals surface area contributed by atoms with Crippen LogP contribution in [0.2, 0.25) is 0 Å². The first-order valence-electron chi connectivity index (χ1n) is 9.12. The average Bonchev–Trinajstić information content (AvgIpc) is 2.55. The zero-order chi connectivity index (χ0) is 17.1. The Hall–Kier alpha value is -1.69. The number of hydrogen-bond acceptors (Lipinski definition) is 5. The van der Waals surface area contributed by atoms with Crippen molar-refractivity contribution < 1.29 is 4.79 Å². The topological polar surface area (TPSA) is 52.6 Å². The van der Waals surface area contributed by atoms with Gasteiger partial charge in [-0.15, -0.1) is 0 Å². The van der Waals surface area contributed by atoms with Crippen LogP contribution < -0.4 is 4.90 Å². The van der Waals surface area contributed by atoms with Crippen LogP contribution in [0.15, 0.2) is 6.07 Å². The van der Waals surface area contributed by atoms with Crippen molar-refractivity contribution in [2.24, 2.45) is 0 Å². The van der Waals surface area contributed by atoms with E-state index < -0.39 is 0 Å². The van der Waals surface area contributed by atoms with Crippen LogP contribution in [0.25, 0.3) is 0 Å². The summed E-state index contributed by atoms with van der Waals surface area (Å²) < 4.78 is 0. The minimum atomic E-state index is 0.290. The lowest BCUT2D eigenvalue weighted by Gasteiger charge is -2.38. The maximum Gasteiger partial charge on any atom is 0.236 e. The van der Waals surface area contributed by atoms with Crippen molar-refractivity contribution in [2.45, 2.75) is 46.1 Å². The second-order valence-corrected chi connectivity index (χ2v) is 7.15. The van der Waals surface area contributed by atoms with Gasteiger partial charge in [0.15, 0.2) is 0 Å². The van der Waals surface area contributed by atoms with E-state index in [-0.39, 0.29) is 0 Å². The summed E-state index contributed by atoms with van der Waals surface area (Å²) in [5.41, 5.74) is 2.02. The van der Waals surface area contributed by atoms with Crippen LogP contribution in [0.3, 0.4) is 0 Å². The molecule has 1 amide bonds. The van der Waals surface area contributed by atoms with Crippen LogP contribution in [0, 0.1) is 13.8 Å². The van der Waals surface area contributed by atoms with Crippen LogP contribution in [-0.4, -0.2) is 71.0 Å². The summed E-state index contributed by atoms with van der Waals surface area (Å²) in [4.78, 5) is 28.2. The number of amides is 1. The fourth-order valence-corrected chi connectivity index (χ4v) is 3.71. The first-order chi connectivity index (χ1) is 11.5. The molecular formula is C18H29N5O. The predicted molar refractivity (Wildman–Crippen MR) is 95.2 cm³/mol. The van der Waals surface area contributed by atoms with Crippen LogP contribution in [-0.2, 0) is 4.79 Å². The molecular weight excluding hydrogens is 302 g/mol. The minimum Gasteiger partial charge on any atom is -0.339 e. The van der Waals surface area contributed by atoms with Crippen molar-refractivity contribution in [3.05, 3.63) is 17.5 Å². The van der Waals surface area contributed by atoms with Crippen LogP contribution in [0.4, 0.5) is 5.95 Å². The number of carbonyl (C=O) groups is 1. The van der Waals surface area contributed by atoms with Gasteiger partial charge >= 0.3 is 0 Å². The zero-order valence-electron chi connectivity index (χ0n) is 15.2. The van der Waals surface area contributed by atoms with Gasteiger partial charge in [0.05, 0.1) is 6.54 Å². The summed E-state index contributed by atoms with van der Waals surface area (Å²) in [7, 11) is 0. The van der Waals surface area contributed by atoms with Gasteiger partial charge in [0.1, 0.15) is 0 Å². The van der Waals surface area contributed by atoms with Gasteiger partial charge < -0.3 is 9.80 Å². The summed E-state index contributed by atoms with van der Waals surface area (Å²) in [6.45, 7) is 11.2. The Morgan fingerprint density at radius 1 is 1.08 bits per heavy atom. The van der Waals surface area contributed by atoms with E-state index in [9.17, 15) is 4.79 Å². The molecule has 3 rings (SSSR count). The molecule has 0 unspecified atom stereocenters. The molecule has 6 nitrogen and oxygen atoms in total. The smallest absolute Gasteiger partial charge is 0.236 e. The molecule has 3 heterocycles. The maximum absolute atomic E-state index is 12.6. The van der Waals surface area contributed by atoms with Gasteiger partial charge in [-0.1, -0.05) is 0 Å². The number of hydrogen-bond donors (Lipinski definition) is 0. The van der Waals surface area contributed by atoms with E-state index in [1.807, 2.05) is 19.9 Å². The molecule has 0 N–H and O–H groups in total. The van der Waals surface area contributed by atoms with Crippen molar-refractivity contribution in [1.82, 2.24) is 19.8 Å². The number of carbonyl (C=O) groups excluding carboxylic acids is 1. The lowest BCUT2D eigenvalue weighted by atomic mass is 10.0. The molecule has 1 atom stereocenters. The Morgan fingerprint density at radius 3 is 2.38 bits per heavy atom. The highest BCUT2D eigenvalue weighted by Gasteiger charge is 2.26. The first-order valence-corrected chi connectivity index (χ1v) is 9.12. The third kappa shape index (κ3) is 4.04. The maximum atomic E-state index is 12.6. The van der Waals surface area contributed by atoms with Gasteiger partial charge in [0.25, 0.3) is 0 Å². The minimum absolute atomic E-state index is 0.290. The number of nitrogens with zero attached hydrogens (tertiary/aromatic N) is 5. The van der Waals surface area contributed by atoms with E-state index in [1.165, 1.54) is 6.42 Å². The number of aromatic nitrogens is 2. The van der Waals surface area contributed by atoms with Crippen molar-refractivity contribution in [1.29, 1.82) is 0 Å². The van der Waals surface area contributed by atoms with E-state index in [4.69, 9.17) is 0 Å². The molecule has 6 heteroatoms. The molecule has 2 saturated heterocycles. The number of piperidine rings is 1. The molecule has 2 aliphatic rings. The van der Waals surface area contributed by atoms with Crippen LogP contribution in [0.5, 0.6) is 0 Å². The number of piperazine rings is 1. The van der Waals surface area contributed by atoms with Crippen molar-refractivity contribution in [3.8, 4) is 0 Å². The molecule has 0 bridgehead atoms. The standard InChI is InChI=1S/C18H29N5O/c1-14-12-15(2)20-18(19-14)22-10-8-21(9-11-22)13-17(24)23-7-5-4-6-16(23)3/h12,16H,4-11,13H2,1-3H3/t16-/m0/s1. The predicted octanol–water partition coefficient (Wildman–Crippen LogP) is 1.62. The Balaban J connectivity index is 1.52. The fraction of sp³-hybridized carbons (Fsp3) is 0.722. The lowest BCUT2D eigenvalue weighted by molar-refractivity contribution is -0.135. The molecule has 0 aromatic carbocycles. The Bertz CT molecular complexity index is 563. The highest BCUT2D eigenvalue weighted by molar-refractivity contribution is 5.78. The molecule has 132 valence electrons. The molecule has 0 aliphatic carbocycles. The van der Waals surface area contributed by atoms with Gasteiger partial charge in [-0.2, -0.15) is 0 Å². The molecule has 0 spiro atoms. The normalized spacial score (nSPS) is 22.7. The molecule has 0 saturated carbocycles. The Morgan fingerprint density at radius 2 is 1.75 bits per heavy atom. The average molecular weight is 331 g/mol. The highest BCUT2D eigenvalue weighted by Crippen LogP contribution is 2.17. The van der Waals surface area contributed by atoms with Gasteiger partial charge in [0, 0.05) is 50.2 Å². The molecule has 2 fully saturated rings. The molecule has 1 aromatic heterocycles. The monoisotopic (exact) mass is 331 g/mol. The summed E-state index contributed by atoms with van der Waals surface area (Å²) in [5, 5.41) is 0. The Kier molecular flexibility index (Phi) is 5.33. The molecule has 0 radical (unpaired) electrons. The highest BCUT2D eigenvalue weighted by atomic mass is 16.2. The second kappa shape index (κ2) is 7.47. The molecule has 1 aromatic rings. The summed E-state index contributed by atoms with van der Waals surface area (Å²) in [6, 6.07) is 2.40. The second-order valence-electron chi connectivity index (χ2n) is 7.15. The third-order valence-corrected chi connectivity index (χ3v) is 5.11. The first kappa shape index (κ1) is 17.1. The van der Waals surface area contributed by atoms with E-state index in [0.29, 0.717) is 18.5 Å². The zero-order valence-corrected chi connectivity index (χ0v) is 15.2. The number of likely N-dealkylation sites (tertiary alicyclic amines) is 1. The van der Waals surface area contributed by atoms with Crippen LogP contribution >= 0.6 is 0 Å². The van der Waals surface area contributed by atoms with E-state index in [2.05, 4.69) is 31.6 Å². The fourth-order valence-electron chi connectivity index (χ4n) is 3.71. The summed E-state index contributed by atoms with van der Waals surface area (Å²) >= 11 is 0. The van der Waals surface area contributed by atoms with E-state index >= 15 is 0 Å². The Labute approximate surface area is 144 Å². The largest absolute Gasteiger partial charge is 0.339 e. The van der Waals surface area contributed by atoms with Crippen molar-refractivity contribution in [3.63, 3.8) is 0 Å². The summed E-state index contributed by atoms with van der Waals surface area (Å²) in [5.74, 6) is 1.11. The van der Waals surface area contributed by atoms with Crippen LogP contribution in [0.1, 0.15) is 37.6 Å².